The lowest BCUT2D eigenvalue weighted by Crippen LogP contribution is -2.19. The van der Waals surface area contributed by atoms with Crippen LogP contribution < -0.4 is 10.1 Å². The van der Waals surface area contributed by atoms with E-state index in [1.807, 2.05) is 30.5 Å². The second kappa shape index (κ2) is 10.6. The molecule has 28 heavy (non-hydrogen) atoms. The summed E-state index contributed by atoms with van der Waals surface area (Å²) in [5.74, 6) is 0.979. The Labute approximate surface area is 171 Å². The van der Waals surface area contributed by atoms with Gasteiger partial charge in [-0.1, -0.05) is 19.9 Å². The van der Waals surface area contributed by atoms with Crippen LogP contribution in [-0.2, 0) is 9.53 Å². The van der Waals surface area contributed by atoms with Crippen molar-refractivity contribution >= 4 is 23.4 Å². The van der Waals surface area contributed by atoms with Crippen LogP contribution in [0.4, 0.5) is 5.69 Å². The summed E-state index contributed by atoms with van der Waals surface area (Å²) in [7, 11) is 0. The van der Waals surface area contributed by atoms with Crippen molar-refractivity contribution < 1.29 is 14.3 Å². The lowest BCUT2D eigenvalue weighted by Gasteiger charge is -2.22. The number of carbonyl (C=O) groups is 1. The first-order valence-corrected chi connectivity index (χ1v) is 10.4. The van der Waals surface area contributed by atoms with Crippen LogP contribution >= 0.6 is 11.8 Å². The molecular formula is C22H26N2O3S. The van der Waals surface area contributed by atoms with E-state index in [0.717, 1.165) is 21.9 Å². The second-order valence-electron chi connectivity index (χ2n) is 6.80. The lowest BCUT2D eigenvalue weighted by atomic mass is 10.1. The number of esters is 1. The maximum Gasteiger partial charge on any atom is 0.302 e. The number of carbonyl (C=O) groups excluding carboxylic acids is 1. The molecule has 0 spiro atoms. The van der Waals surface area contributed by atoms with Crippen molar-refractivity contribution in [1.29, 1.82) is 5.26 Å². The molecule has 2 aromatic carbocycles. The number of hydrogen-bond donors (Lipinski definition) is 1. The topological polar surface area (TPSA) is 71.3 Å². The highest BCUT2D eigenvalue weighted by atomic mass is 32.2. The normalized spacial score (nSPS) is 11.6. The predicted molar refractivity (Wildman–Crippen MR) is 113 cm³/mol. The highest BCUT2D eigenvalue weighted by molar-refractivity contribution is 7.98. The number of hydrogen-bond acceptors (Lipinski definition) is 6. The van der Waals surface area contributed by atoms with E-state index in [1.54, 1.807) is 23.9 Å². The summed E-state index contributed by atoms with van der Waals surface area (Å²) in [6.45, 7) is 6.49. The highest BCUT2D eigenvalue weighted by Crippen LogP contribution is 2.32. The highest BCUT2D eigenvalue weighted by Gasteiger charge is 2.16. The summed E-state index contributed by atoms with van der Waals surface area (Å²) < 4.78 is 11.2. The van der Waals surface area contributed by atoms with E-state index in [4.69, 9.17) is 14.7 Å². The first kappa shape index (κ1) is 21.6. The monoisotopic (exact) mass is 398 g/mol. The number of anilines is 1. The van der Waals surface area contributed by atoms with E-state index >= 15 is 0 Å². The number of nitriles is 1. The smallest absolute Gasteiger partial charge is 0.302 e. The summed E-state index contributed by atoms with van der Waals surface area (Å²) in [5.41, 5.74) is 2.44. The van der Waals surface area contributed by atoms with Gasteiger partial charge in [-0.05, 0) is 54.1 Å². The molecule has 0 radical (unpaired) electrons. The summed E-state index contributed by atoms with van der Waals surface area (Å²) >= 11 is 1.62. The van der Waals surface area contributed by atoms with Crippen molar-refractivity contribution in [3.8, 4) is 11.8 Å². The molecule has 0 heterocycles. The Balaban J connectivity index is 2.25. The Bertz CT molecular complexity index is 829. The second-order valence-corrected chi connectivity index (χ2v) is 7.65. The van der Waals surface area contributed by atoms with Gasteiger partial charge < -0.3 is 14.8 Å². The van der Waals surface area contributed by atoms with Gasteiger partial charge in [0.1, 0.15) is 12.4 Å². The molecule has 2 aromatic rings. The largest absolute Gasteiger partial charge is 0.492 e. The molecule has 0 aromatic heterocycles. The van der Waals surface area contributed by atoms with Gasteiger partial charge in [-0.3, -0.25) is 4.79 Å². The number of benzene rings is 2. The third-order valence-electron chi connectivity index (χ3n) is 3.97. The fraction of sp³-hybridized carbons (Fsp3) is 0.364. The van der Waals surface area contributed by atoms with E-state index in [-0.39, 0.29) is 18.6 Å². The molecule has 148 valence electrons. The first-order chi connectivity index (χ1) is 13.4. The van der Waals surface area contributed by atoms with Crippen molar-refractivity contribution in [3.63, 3.8) is 0 Å². The molecule has 0 bridgehead atoms. The molecule has 1 N–H and O–H groups in total. The zero-order valence-electron chi connectivity index (χ0n) is 16.7. The van der Waals surface area contributed by atoms with Gasteiger partial charge in [0, 0.05) is 17.5 Å². The number of thioether (sulfide) groups is 1. The van der Waals surface area contributed by atoms with Gasteiger partial charge in [0.25, 0.3) is 0 Å². The first-order valence-electron chi connectivity index (χ1n) is 9.13. The molecule has 6 heteroatoms. The zero-order valence-corrected chi connectivity index (χ0v) is 17.5. The van der Waals surface area contributed by atoms with Crippen molar-refractivity contribution in [2.75, 3.05) is 24.8 Å². The molecule has 1 unspecified atom stereocenters. The van der Waals surface area contributed by atoms with Crippen molar-refractivity contribution in [2.45, 2.75) is 31.7 Å². The van der Waals surface area contributed by atoms with Gasteiger partial charge in [0.15, 0.2) is 0 Å². The van der Waals surface area contributed by atoms with E-state index in [0.29, 0.717) is 18.1 Å². The van der Waals surface area contributed by atoms with Gasteiger partial charge in [0.05, 0.1) is 24.3 Å². The summed E-state index contributed by atoms with van der Waals surface area (Å²) in [4.78, 5) is 12.4. The Morgan fingerprint density at radius 1 is 1.18 bits per heavy atom. The van der Waals surface area contributed by atoms with Crippen LogP contribution in [-0.4, -0.2) is 25.4 Å². The summed E-state index contributed by atoms with van der Waals surface area (Å²) in [6, 6.07) is 15.1. The van der Waals surface area contributed by atoms with E-state index < -0.39 is 0 Å². The van der Waals surface area contributed by atoms with Gasteiger partial charge in [0.2, 0.25) is 0 Å². The van der Waals surface area contributed by atoms with Crippen LogP contribution in [0.1, 0.15) is 37.9 Å². The molecule has 2 rings (SSSR count). The fourth-order valence-corrected chi connectivity index (χ4v) is 3.12. The average molecular weight is 399 g/mol. The molecule has 0 fully saturated rings. The van der Waals surface area contributed by atoms with Gasteiger partial charge in [-0.15, -0.1) is 11.8 Å². The SMILES string of the molecule is CSc1cc(C(COC(C)=O)Nc2ccc(C#N)cc2)ccc1OCC(C)C. The molecule has 0 aliphatic rings. The minimum Gasteiger partial charge on any atom is -0.492 e. The van der Waals surface area contributed by atoms with Gasteiger partial charge in [-0.25, -0.2) is 0 Å². The quantitative estimate of drug-likeness (QED) is 0.472. The van der Waals surface area contributed by atoms with Crippen molar-refractivity contribution in [2.24, 2.45) is 5.92 Å². The number of rotatable bonds is 9. The minimum absolute atomic E-state index is 0.204. The van der Waals surface area contributed by atoms with Gasteiger partial charge in [-0.2, -0.15) is 5.26 Å². The zero-order chi connectivity index (χ0) is 20.5. The molecule has 0 amide bonds. The summed E-state index contributed by atoms with van der Waals surface area (Å²) in [6.07, 6.45) is 2.01. The average Bonchev–Trinajstić information content (AvgIpc) is 2.69. The van der Waals surface area contributed by atoms with Crippen LogP contribution in [0.15, 0.2) is 47.4 Å². The Morgan fingerprint density at radius 3 is 2.46 bits per heavy atom. The molecule has 5 nitrogen and oxygen atoms in total. The number of ether oxygens (including phenoxy) is 2. The van der Waals surface area contributed by atoms with Crippen molar-refractivity contribution in [1.82, 2.24) is 0 Å². The third kappa shape index (κ3) is 6.50. The molecule has 0 saturated carbocycles. The van der Waals surface area contributed by atoms with Gasteiger partial charge >= 0.3 is 5.97 Å². The van der Waals surface area contributed by atoms with Crippen LogP contribution in [0, 0.1) is 17.2 Å². The lowest BCUT2D eigenvalue weighted by molar-refractivity contribution is -0.141. The Hall–Kier alpha value is -2.65. The Kier molecular flexibility index (Phi) is 8.21. The predicted octanol–water partition coefficient (Wildman–Crippen LogP) is 5.03. The summed E-state index contributed by atoms with van der Waals surface area (Å²) in [5, 5.41) is 12.3. The van der Waals surface area contributed by atoms with E-state index in [1.165, 1.54) is 6.92 Å². The molecule has 1 atom stereocenters. The minimum atomic E-state index is -0.325. The third-order valence-corrected chi connectivity index (χ3v) is 4.73. The van der Waals surface area contributed by atoms with Crippen molar-refractivity contribution in [3.05, 3.63) is 53.6 Å². The van der Waals surface area contributed by atoms with Crippen LogP contribution in [0.25, 0.3) is 0 Å². The standard InChI is InChI=1S/C22H26N2O3S/c1-15(2)13-27-21-10-7-18(11-22(21)28-4)20(14-26-16(3)25)24-19-8-5-17(12-23)6-9-19/h5-11,15,20,24H,13-14H2,1-4H3. The molecule has 0 aliphatic carbocycles. The molecular weight excluding hydrogens is 372 g/mol. The number of nitrogens with one attached hydrogen (secondary N) is 1. The fourth-order valence-electron chi connectivity index (χ4n) is 2.54. The number of nitrogens with zero attached hydrogens (tertiary/aromatic N) is 1. The molecule has 0 aliphatic heterocycles. The van der Waals surface area contributed by atoms with Crippen LogP contribution in [0.2, 0.25) is 0 Å². The van der Waals surface area contributed by atoms with E-state index in [2.05, 4.69) is 31.3 Å². The van der Waals surface area contributed by atoms with Crippen LogP contribution in [0.5, 0.6) is 5.75 Å². The maximum absolute atomic E-state index is 11.3. The van der Waals surface area contributed by atoms with Crippen LogP contribution in [0.3, 0.4) is 0 Å². The Morgan fingerprint density at radius 2 is 1.89 bits per heavy atom. The van der Waals surface area contributed by atoms with E-state index in [9.17, 15) is 4.79 Å². The maximum atomic E-state index is 11.3. The molecule has 0 saturated heterocycles.